The molecule has 0 fully saturated rings. The Hall–Kier alpha value is -1.40. The van der Waals surface area contributed by atoms with Crippen molar-refractivity contribution in [1.29, 1.82) is 0 Å². The molecule has 1 heterocycles. The van der Waals surface area contributed by atoms with Crippen LogP contribution in [0.15, 0.2) is 12.1 Å². The van der Waals surface area contributed by atoms with E-state index in [9.17, 15) is 0 Å². The summed E-state index contributed by atoms with van der Waals surface area (Å²) in [6.07, 6.45) is 0. The van der Waals surface area contributed by atoms with Crippen LogP contribution in [0.3, 0.4) is 0 Å². The number of halogens is 1. The van der Waals surface area contributed by atoms with Gasteiger partial charge in [0.15, 0.2) is 0 Å². The van der Waals surface area contributed by atoms with Crippen LogP contribution in [0.25, 0.3) is 0 Å². The predicted molar refractivity (Wildman–Crippen MR) is 63.7 cm³/mol. The maximum Gasteiger partial charge on any atom is 0.229 e. The average molecular weight is 257 g/mol. The van der Waals surface area contributed by atoms with E-state index in [0.717, 1.165) is 11.3 Å². The minimum absolute atomic E-state index is 0.611. The van der Waals surface area contributed by atoms with Crippen LogP contribution in [0.5, 0.6) is 5.75 Å². The molecule has 1 aromatic carbocycles. The number of anilines is 2. The Morgan fingerprint density at radius 3 is 2.88 bits per heavy atom. The lowest BCUT2D eigenvalue weighted by Crippen LogP contribution is -1.95. The Morgan fingerprint density at radius 1 is 1.44 bits per heavy atom. The monoisotopic (exact) mass is 256 g/mol. The van der Waals surface area contributed by atoms with Gasteiger partial charge in [-0.25, -0.2) is 0 Å². The van der Waals surface area contributed by atoms with E-state index in [1.165, 1.54) is 11.5 Å². The lowest BCUT2D eigenvalue weighted by Gasteiger charge is -2.10. The zero-order valence-corrected chi connectivity index (χ0v) is 10.3. The lowest BCUT2D eigenvalue weighted by molar-refractivity contribution is 0.417. The van der Waals surface area contributed by atoms with Gasteiger partial charge in [0.25, 0.3) is 0 Å². The first-order valence-electron chi connectivity index (χ1n) is 4.47. The third-order valence-corrected chi connectivity index (χ3v) is 2.94. The van der Waals surface area contributed by atoms with Crippen molar-refractivity contribution in [2.75, 3.05) is 12.4 Å². The number of ether oxygens (including phenoxy) is 1. The number of rotatable bonds is 3. The minimum Gasteiger partial charge on any atom is -0.495 e. The molecule has 5 nitrogen and oxygen atoms in total. The van der Waals surface area contributed by atoms with Crippen molar-refractivity contribution in [2.24, 2.45) is 0 Å². The second-order valence-electron chi connectivity index (χ2n) is 3.09. The second kappa shape index (κ2) is 4.63. The standard InChI is InChI=1S/C9H9ClN4OS/c1-5-3-7(8(15-2)4-6(5)10)11-9-12-13-14-16-9/h3-4H,1-2H3,(H,11,12,14). The van der Waals surface area contributed by atoms with E-state index in [1.807, 2.05) is 13.0 Å². The van der Waals surface area contributed by atoms with Crippen LogP contribution in [0, 0.1) is 6.92 Å². The molecule has 0 bridgehead atoms. The van der Waals surface area contributed by atoms with Gasteiger partial charge in [0, 0.05) is 22.6 Å². The number of aryl methyl sites for hydroxylation is 1. The molecule has 0 aliphatic carbocycles. The van der Waals surface area contributed by atoms with Gasteiger partial charge in [-0.3, -0.25) is 0 Å². The Bertz CT molecular complexity index is 489. The first-order chi connectivity index (χ1) is 7.70. The van der Waals surface area contributed by atoms with Crippen LogP contribution in [-0.2, 0) is 0 Å². The lowest BCUT2D eigenvalue weighted by atomic mass is 10.2. The molecule has 0 amide bonds. The summed E-state index contributed by atoms with van der Waals surface area (Å²) in [5.41, 5.74) is 1.75. The van der Waals surface area contributed by atoms with Crippen LogP contribution in [0.4, 0.5) is 10.8 Å². The summed E-state index contributed by atoms with van der Waals surface area (Å²) in [5.74, 6) is 0.658. The van der Waals surface area contributed by atoms with Crippen molar-refractivity contribution in [3.8, 4) is 5.75 Å². The molecule has 0 aliphatic rings. The molecule has 0 saturated heterocycles. The summed E-state index contributed by atoms with van der Waals surface area (Å²) in [4.78, 5) is 0. The quantitative estimate of drug-likeness (QED) is 0.915. The first kappa shape index (κ1) is 11.1. The maximum atomic E-state index is 6.00. The number of benzene rings is 1. The third-order valence-electron chi connectivity index (χ3n) is 2.02. The van der Waals surface area contributed by atoms with Crippen LogP contribution in [0.1, 0.15) is 5.56 Å². The number of hydrogen-bond acceptors (Lipinski definition) is 6. The van der Waals surface area contributed by atoms with Crippen molar-refractivity contribution in [2.45, 2.75) is 6.92 Å². The van der Waals surface area contributed by atoms with E-state index >= 15 is 0 Å². The first-order valence-corrected chi connectivity index (χ1v) is 5.62. The molecule has 0 spiro atoms. The molecule has 7 heteroatoms. The fourth-order valence-electron chi connectivity index (χ4n) is 1.23. The highest BCUT2D eigenvalue weighted by atomic mass is 35.5. The average Bonchev–Trinajstić information content (AvgIpc) is 2.76. The van der Waals surface area contributed by atoms with Gasteiger partial charge in [0.1, 0.15) is 5.75 Å². The highest BCUT2D eigenvalue weighted by Gasteiger charge is 2.08. The van der Waals surface area contributed by atoms with Crippen molar-refractivity contribution < 1.29 is 4.74 Å². The normalized spacial score (nSPS) is 10.2. The number of aromatic nitrogens is 3. The van der Waals surface area contributed by atoms with Gasteiger partial charge >= 0.3 is 0 Å². The maximum absolute atomic E-state index is 6.00. The van der Waals surface area contributed by atoms with Crippen LogP contribution in [-0.4, -0.2) is 21.9 Å². The van der Waals surface area contributed by atoms with E-state index in [2.05, 4.69) is 20.1 Å². The highest BCUT2D eigenvalue weighted by Crippen LogP contribution is 2.32. The number of nitrogens with one attached hydrogen (secondary N) is 1. The molecule has 2 rings (SSSR count). The van der Waals surface area contributed by atoms with E-state index in [1.54, 1.807) is 13.2 Å². The summed E-state index contributed by atoms with van der Waals surface area (Å²) < 4.78 is 8.88. The van der Waals surface area contributed by atoms with Gasteiger partial charge in [-0.1, -0.05) is 21.2 Å². The van der Waals surface area contributed by atoms with Crippen molar-refractivity contribution in [3.63, 3.8) is 0 Å². The third kappa shape index (κ3) is 2.23. The van der Waals surface area contributed by atoms with Crippen molar-refractivity contribution in [3.05, 3.63) is 22.7 Å². The zero-order chi connectivity index (χ0) is 11.5. The molecule has 0 atom stereocenters. The van der Waals surface area contributed by atoms with Crippen molar-refractivity contribution >= 4 is 34.0 Å². The number of methoxy groups -OCH3 is 1. The van der Waals surface area contributed by atoms with Crippen LogP contribution < -0.4 is 10.1 Å². The highest BCUT2D eigenvalue weighted by molar-refractivity contribution is 7.09. The fraction of sp³-hybridized carbons (Fsp3) is 0.222. The number of nitrogens with zero attached hydrogens (tertiary/aromatic N) is 3. The Kier molecular flexibility index (Phi) is 3.21. The largest absolute Gasteiger partial charge is 0.495 e. The molecule has 1 N–H and O–H groups in total. The van der Waals surface area contributed by atoms with Crippen molar-refractivity contribution in [1.82, 2.24) is 14.8 Å². The molecule has 0 saturated carbocycles. The van der Waals surface area contributed by atoms with Crippen LogP contribution in [0.2, 0.25) is 5.02 Å². The Labute approximate surface area is 102 Å². The molecule has 1 aromatic heterocycles. The van der Waals surface area contributed by atoms with Gasteiger partial charge < -0.3 is 10.1 Å². The van der Waals surface area contributed by atoms with E-state index in [-0.39, 0.29) is 0 Å². The fourth-order valence-corrected chi connectivity index (χ4v) is 1.76. The van der Waals surface area contributed by atoms with Gasteiger partial charge in [-0.15, -0.1) is 0 Å². The van der Waals surface area contributed by atoms with Gasteiger partial charge in [-0.05, 0) is 23.8 Å². The SMILES string of the molecule is COc1cc(Cl)c(C)cc1Nc1nnns1. The van der Waals surface area contributed by atoms with Gasteiger partial charge in [0.05, 0.1) is 12.8 Å². The van der Waals surface area contributed by atoms with Gasteiger partial charge in [-0.2, -0.15) is 0 Å². The minimum atomic E-state index is 0.611. The molecule has 0 unspecified atom stereocenters. The second-order valence-corrected chi connectivity index (χ2v) is 4.23. The molecular formula is C9H9ClN4OS. The van der Waals surface area contributed by atoms with Gasteiger partial charge in [0.2, 0.25) is 5.13 Å². The molecule has 84 valence electrons. The summed E-state index contributed by atoms with van der Waals surface area (Å²) >= 11 is 7.18. The molecule has 16 heavy (non-hydrogen) atoms. The summed E-state index contributed by atoms with van der Waals surface area (Å²) in [7, 11) is 1.59. The summed E-state index contributed by atoms with van der Waals surface area (Å²) in [5, 5.41) is 11.6. The smallest absolute Gasteiger partial charge is 0.229 e. The topological polar surface area (TPSA) is 59.9 Å². The molecule has 2 aromatic rings. The Balaban J connectivity index is 2.36. The molecule has 0 aliphatic heterocycles. The molecule has 0 radical (unpaired) electrons. The van der Waals surface area contributed by atoms with E-state index in [4.69, 9.17) is 16.3 Å². The summed E-state index contributed by atoms with van der Waals surface area (Å²) in [6.45, 7) is 1.92. The predicted octanol–water partition coefficient (Wildman–Crippen LogP) is 2.65. The molecular weight excluding hydrogens is 248 g/mol. The summed E-state index contributed by atoms with van der Waals surface area (Å²) in [6, 6.07) is 3.65. The van der Waals surface area contributed by atoms with E-state index < -0.39 is 0 Å². The Morgan fingerprint density at radius 2 is 2.25 bits per heavy atom. The number of hydrogen-bond donors (Lipinski definition) is 1. The zero-order valence-electron chi connectivity index (χ0n) is 8.69. The van der Waals surface area contributed by atoms with Crippen LogP contribution >= 0.6 is 23.1 Å². The van der Waals surface area contributed by atoms with E-state index in [0.29, 0.717) is 15.9 Å².